The SMILES string of the molecule is CN=C(NCC1CN(C)CCO1)NC(C)c1ccc(CC(C)C)cc1. The molecule has 5 nitrogen and oxygen atoms in total. The van der Waals surface area contributed by atoms with E-state index in [9.17, 15) is 0 Å². The summed E-state index contributed by atoms with van der Waals surface area (Å²) in [5.74, 6) is 1.50. The predicted molar refractivity (Wildman–Crippen MR) is 105 cm³/mol. The maximum absolute atomic E-state index is 5.79. The van der Waals surface area contributed by atoms with Crippen molar-refractivity contribution in [1.82, 2.24) is 15.5 Å². The maximum Gasteiger partial charge on any atom is 0.191 e. The van der Waals surface area contributed by atoms with Crippen LogP contribution in [0.4, 0.5) is 0 Å². The zero-order valence-electron chi connectivity index (χ0n) is 16.4. The van der Waals surface area contributed by atoms with Crippen LogP contribution in [-0.2, 0) is 11.2 Å². The second kappa shape index (κ2) is 9.78. The normalized spacial score (nSPS) is 20.6. The smallest absolute Gasteiger partial charge is 0.191 e. The van der Waals surface area contributed by atoms with Crippen LogP contribution in [0.15, 0.2) is 29.3 Å². The summed E-state index contributed by atoms with van der Waals surface area (Å²) in [4.78, 5) is 6.64. The Hall–Kier alpha value is -1.59. The number of likely N-dealkylation sites (N-methyl/N-ethyl adjacent to an activating group) is 1. The van der Waals surface area contributed by atoms with Crippen molar-refractivity contribution in [2.24, 2.45) is 10.9 Å². The summed E-state index contributed by atoms with van der Waals surface area (Å²) >= 11 is 0. The van der Waals surface area contributed by atoms with E-state index >= 15 is 0 Å². The van der Waals surface area contributed by atoms with Gasteiger partial charge in [0, 0.05) is 26.7 Å². The van der Waals surface area contributed by atoms with Crippen LogP contribution in [0.1, 0.15) is 37.9 Å². The third-order valence-electron chi connectivity index (χ3n) is 4.54. The van der Waals surface area contributed by atoms with Crippen molar-refractivity contribution in [2.45, 2.75) is 39.3 Å². The molecule has 2 unspecified atom stereocenters. The summed E-state index contributed by atoms with van der Waals surface area (Å²) in [6.07, 6.45) is 1.34. The van der Waals surface area contributed by atoms with Crippen LogP contribution in [-0.4, -0.2) is 57.3 Å². The number of rotatable bonds is 6. The van der Waals surface area contributed by atoms with Gasteiger partial charge in [-0.2, -0.15) is 0 Å². The summed E-state index contributed by atoms with van der Waals surface area (Å²) in [5, 5.41) is 6.85. The molecule has 2 rings (SSSR count). The van der Waals surface area contributed by atoms with E-state index in [1.807, 2.05) is 7.05 Å². The van der Waals surface area contributed by atoms with Crippen LogP contribution in [0, 0.1) is 5.92 Å². The molecule has 1 heterocycles. The number of hydrogen-bond donors (Lipinski definition) is 2. The number of nitrogens with zero attached hydrogens (tertiary/aromatic N) is 2. The van der Waals surface area contributed by atoms with Gasteiger partial charge in [0.05, 0.1) is 18.8 Å². The molecule has 0 radical (unpaired) electrons. The van der Waals surface area contributed by atoms with Gasteiger partial charge in [0.2, 0.25) is 0 Å². The molecule has 0 aliphatic carbocycles. The van der Waals surface area contributed by atoms with E-state index in [4.69, 9.17) is 4.74 Å². The van der Waals surface area contributed by atoms with Gasteiger partial charge >= 0.3 is 0 Å². The summed E-state index contributed by atoms with van der Waals surface area (Å²) < 4.78 is 5.79. The van der Waals surface area contributed by atoms with Crippen LogP contribution in [0.2, 0.25) is 0 Å². The van der Waals surface area contributed by atoms with Crippen LogP contribution >= 0.6 is 0 Å². The van der Waals surface area contributed by atoms with Crippen LogP contribution in [0.5, 0.6) is 0 Å². The molecular formula is C20H34N4O. The minimum atomic E-state index is 0.203. The zero-order chi connectivity index (χ0) is 18.2. The third kappa shape index (κ3) is 6.67. The number of benzene rings is 1. The Bertz CT molecular complexity index is 541. The van der Waals surface area contributed by atoms with Crippen LogP contribution in [0.25, 0.3) is 0 Å². The Morgan fingerprint density at radius 3 is 2.60 bits per heavy atom. The average molecular weight is 347 g/mol. The largest absolute Gasteiger partial charge is 0.374 e. The molecule has 0 aromatic heterocycles. The predicted octanol–water partition coefficient (Wildman–Crippen LogP) is 2.44. The Balaban J connectivity index is 1.83. The lowest BCUT2D eigenvalue weighted by Crippen LogP contribution is -2.48. The maximum atomic E-state index is 5.79. The van der Waals surface area contributed by atoms with E-state index in [0.29, 0.717) is 5.92 Å². The van der Waals surface area contributed by atoms with Gasteiger partial charge in [-0.3, -0.25) is 4.99 Å². The van der Waals surface area contributed by atoms with Gasteiger partial charge < -0.3 is 20.3 Å². The van der Waals surface area contributed by atoms with Crippen molar-refractivity contribution in [2.75, 3.05) is 40.3 Å². The molecule has 1 aliphatic rings. The van der Waals surface area contributed by atoms with Crippen molar-refractivity contribution < 1.29 is 4.74 Å². The lowest BCUT2D eigenvalue weighted by atomic mass is 10.00. The quantitative estimate of drug-likeness (QED) is 0.614. The Kier molecular flexibility index (Phi) is 7.72. The fraction of sp³-hybridized carbons (Fsp3) is 0.650. The number of aliphatic imine (C=N–C) groups is 1. The number of morpholine rings is 1. The monoisotopic (exact) mass is 346 g/mol. The molecule has 2 N–H and O–H groups in total. The lowest BCUT2D eigenvalue weighted by Gasteiger charge is -2.30. The first-order valence-corrected chi connectivity index (χ1v) is 9.34. The first kappa shape index (κ1) is 19.7. The molecular weight excluding hydrogens is 312 g/mol. The third-order valence-corrected chi connectivity index (χ3v) is 4.54. The van der Waals surface area contributed by atoms with Crippen molar-refractivity contribution in [3.63, 3.8) is 0 Å². The summed E-state index contributed by atoms with van der Waals surface area (Å²) in [7, 11) is 3.94. The molecule has 0 amide bonds. The second-order valence-corrected chi connectivity index (χ2v) is 7.41. The molecule has 1 aliphatic heterocycles. The molecule has 1 aromatic carbocycles. The topological polar surface area (TPSA) is 48.9 Å². The number of guanidine groups is 1. The highest BCUT2D eigenvalue weighted by atomic mass is 16.5. The van der Waals surface area contributed by atoms with Crippen molar-refractivity contribution in [3.05, 3.63) is 35.4 Å². The molecule has 2 atom stereocenters. The minimum Gasteiger partial charge on any atom is -0.374 e. The van der Waals surface area contributed by atoms with E-state index in [0.717, 1.165) is 38.6 Å². The van der Waals surface area contributed by atoms with E-state index < -0.39 is 0 Å². The lowest BCUT2D eigenvalue weighted by molar-refractivity contribution is -0.0161. The zero-order valence-corrected chi connectivity index (χ0v) is 16.4. The Morgan fingerprint density at radius 1 is 1.28 bits per heavy atom. The molecule has 25 heavy (non-hydrogen) atoms. The highest BCUT2D eigenvalue weighted by Gasteiger charge is 2.18. The molecule has 5 heteroatoms. The number of hydrogen-bond acceptors (Lipinski definition) is 3. The van der Waals surface area contributed by atoms with Gasteiger partial charge in [0.25, 0.3) is 0 Å². The molecule has 140 valence electrons. The summed E-state index contributed by atoms with van der Waals surface area (Å²) in [6.45, 7) is 10.2. The summed E-state index contributed by atoms with van der Waals surface area (Å²) in [5.41, 5.74) is 2.66. The molecule has 0 saturated carbocycles. The van der Waals surface area contributed by atoms with Gasteiger partial charge in [-0.1, -0.05) is 38.1 Å². The highest BCUT2D eigenvalue weighted by Crippen LogP contribution is 2.15. The second-order valence-electron chi connectivity index (χ2n) is 7.41. The van der Waals surface area contributed by atoms with Crippen molar-refractivity contribution in [3.8, 4) is 0 Å². The van der Waals surface area contributed by atoms with E-state index in [1.54, 1.807) is 0 Å². The average Bonchev–Trinajstić information content (AvgIpc) is 2.58. The molecule has 0 bridgehead atoms. The van der Waals surface area contributed by atoms with Gasteiger partial charge in [-0.15, -0.1) is 0 Å². The first-order valence-electron chi connectivity index (χ1n) is 9.34. The van der Waals surface area contributed by atoms with Crippen LogP contribution in [0.3, 0.4) is 0 Å². The van der Waals surface area contributed by atoms with Crippen molar-refractivity contribution >= 4 is 5.96 Å². The first-order chi connectivity index (χ1) is 12.0. The van der Waals surface area contributed by atoms with E-state index in [-0.39, 0.29) is 12.1 Å². The fourth-order valence-electron chi connectivity index (χ4n) is 3.10. The standard InChI is InChI=1S/C20H34N4O/c1-15(2)12-17-6-8-18(9-7-17)16(3)23-20(21-4)22-13-19-14-24(5)10-11-25-19/h6-9,15-16,19H,10-14H2,1-5H3,(H2,21,22,23). The van der Waals surface area contributed by atoms with Gasteiger partial charge in [0.15, 0.2) is 5.96 Å². The van der Waals surface area contributed by atoms with Gasteiger partial charge in [-0.25, -0.2) is 0 Å². The van der Waals surface area contributed by atoms with Gasteiger partial charge in [0.1, 0.15) is 0 Å². The van der Waals surface area contributed by atoms with Crippen molar-refractivity contribution in [1.29, 1.82) is 0 Å². The van der Waals surface area contributed by atoms with Crippen LogP contribution < -0.4 is 10.6 Å². The molecule has 0 spiro atoms. The molecule has 1 fully saturated rings. The van der Waals surface area contributed by atoms with Gasteiger partial charge in [-0.05, 0) is 37.4 Å². The Labute approximate surface area is 152 Å². The Morgan fingerprint density at radius 2 is 2.00 bits per heavy atom. The van der Waals surface area contributed by atoms with E-state index in [1.165, 1.54) is 11.1 Å². The number of nitrogens with one attached hydrogen (secondary N) is 2. The van der Waals surface area contributed by atoms with E-state index in [2.05, 4.69) is 72.6 Å². The molecule has 1 saturated heterocycles. The molecule has 1 aromatic rings. The fourth-order valence-corrected chi connectivity index (χ4v) is 3.10. The summed E-state index contributed by atoms with van der Waals surface area (Å²) in [6, 6.07) is 9.09. The number of ether oxygens (including phenoxy) is 1. The highest BCUT2D eigenvalue weighted by molar-refractivity contribution is 5.80. The minimum absolute atomic E-state index is 0.203.